The number of fused-ring (bicyclic) bond motifs is 2. The van der Waals surface area contributed by atoms with Gasteiger partial charge in [-0.15, -0.1) is 11.3 Å². The maximum atomic E-state index is 4.95. The van der Waals surface area contributed by atoms with Crippen molar-refractivity contribution in [2.45, 2.75) is 53.4 Å². The summed E-state index contributed by atoms with van der Waals surface area (Å²) in [5.74, 6) is 0.513. The number of hydrogen-bond donors (Lipinski definition) is 0. The van der Waals surface area contributed by atoms with Crippen LogP contribution in [0.2, 0.25) is 0 Å². The zero-order valence-electron chi connectivity index (χ0n) is 16.0. The van der Waals surface area contributed by atoms with Crippen molar-refractivity contribution < 1.29 is 0 Å². The Morgan fingerprint density at radius 2 is 1.92 bits per heavy atom. The standard InChI is InChI=1S/C21H24N4S/c1-6-15(7-2)17-11-12(3)24-25-18(14(5)23-20(17)25)19-13(4)16-9-8-10-22-21(16)26-19/h8-11,15H,6-7H2,1-5H3. The van der Waals surface area contributed by atoms with Gasteiger partial charge >= 0.3 is 0 Å². The largest absolute Gasteiger partial charge is 0.245 e. The van der Waals surface area contributed by atoms with Gasteiger partial charge in [0.15, 0.2) is 5.65 Å². The van der Waals surface area contributed by atoms with Crippen molar-refractivity contribution in [2.75, 3.05) is 0 Å². The molecule has 0 aliphatic heterocycles. The smallest absolute Gasteiger partial charge is 0.158 e. The van der Waals surface area contributed by atoms with Gasteiger partial charge in [-0.1, -0.05) is 19.9 Å². The molecule has 26 heavy (non-hydrogen) atoms. The van der Waals surface area contributed by atoms with Crippen LogP contribution in [0, 0.1) is 20.8 Å². The van der Waals surface area contributed by atoms with E-state index in [-0.39, 0.29) is 0 Å². The summed E-state index contributed by atoms with van der Waals surface area (Å²) in [5.41, 5.74) is 6.75. The average Bonchev–Trinajstić information content (AvgIpc) is 3.13. The fourth-order valence-electron chi connectivity index (χ4n) is 3.85. The minimum Gasteiger partial charge on any atom is -0.245 e. The lowest BCUT2D eigenvalue weighted by molar-refractivity contribution is 0.638. The van der Waals surface area contributed by atoms with Gasteiger partial charge in [-0.3, -0.25) is 0 Å². The monoisotopic (exact) mass is 364 g/mol. The Kier molecular flexibility index (Phi) is 4.27. The molecule has 4 nitrogen and oxygen atoms in total. The first-order valence-electron chi connectivity index (χ1n) is 9.26. The minimum absolute atomic E-state index is 0.513. The third-order valence-corrected chi connectivity index (χ3v) is 6.49. The summed E-state index contributed by atoms with van der Waals surface area (Å²) in [7, 11) is 0. The average molecular weight is 365 g/mol. The van der Waals surface area contributed by atoms with Gasteiger partial charge in [0.05, 0.1) is 16.3 Å². The van der Waals surface area contributed by atoms with Crippen molar-refractivity contribution >= 4 is 27.2 Å². The van der Waals surface area contributed by atoms with E-state index in [1.807, 2.05) is 12.3 Å². The van der Waals surface area contributed by atoms with Crippen LogP contribution in [0.4, 0.5) is 0 Å². The van der Waals surface area contributed by atoms with Crippen molar-refractivity contribution in [3.63, 3.8) is 0 Å². The van der Waals surface area contributed by atoms with Crippen LogP contribution in [0.1, 0.15) is 55.1 Å². The molecule has 0 fully saturated rings. The molecule has 0 aliphatic carbocycles. The highest BCUT2D eigenvalue weighted by molar-refractivity contribution is 7.22. The molecule has 0 aromatic carbocycles. The molecule has 4 aromatic heterocycles. The molecule has 0 atom stereocenters. The first kappa shape index (κ1) is 17.2. The second kappa shape index (κ2) is 6.47. The van der Waals surface area contributed by atoms with Gasteiger partial charge in [-0.25, -0.2) is 14.5 Å². The topological polar surface area (TPSA) is 43.1 Å². The number of nitrogens with zero attached hydrogens (tertiary/aromatic N) is 4. The van der Waals surface area contributed by atoms with Crippen LogP contribution < -0.4 is 0 Å². The molecule has 4 rings (SSSR count). The van der Waals surface area contributed by atoms with E-state index in [0.717, 1.165) is 40.4 Å². The maximum absolute atomic E-state index is 4.95. The van der Waals surface area contributed by atoms with Gasteiger partial charge in [-0.2, -0.15) is 5.10 Å². The summed E-state index contributed by atoms with van der Waals surface area (Å²) in [4.78, 5) is 11.8. The summed E-state index contributed by atoms with van der Waals surface area (Å²) >= 11 is 1.73. The summed E-state index contributed by atoms with van der Waals surface area (Å²) in [6.07, 6.45) is 4.09. The van der Waals surface area contributed by atoms with Crippen LogP contribution >= 0.6 is 11.3 Å². The van der Waals surface area contributed by atoms with Gasteiger partial charge in [0.2, 0.25) is 0 Å². The lowest BCUT2D eigenvalue weighted by Gasteiger charge is -2.14. The second-order valence-electron chi connectivity index (χ2n) is 6.95. The van der Waals surface area contributed by atoms with Crippen molar-refractivity contribution in [1.29, 1.82) is 0 Å². The highest BCUT2D eigenvalue weighted by Crippen LogP contribution is 2.39. The van der Waals surface area contributed by atoms with Crippen molar-refractivity contribution in [3.05, 3.63) is 46.9 Å². The molecule has 5 heteroatoms. The molecule has 0 aliphatic rings. The third kappa shape index (κ3) is 2.53. The highest BCUT2D eigenvalue weighted by Gasteiger charge is 2.22. The van der Waals surface area contributed by atoms with Crippen LogP contribution in [0.15, 0.2) is 24.4 Å². The normalized spacial score (nSPS) is 11.9. The Balaban J connectivity index is 2.04. The zero-order chi connectivity index (χ0) is 18.4. The Morgan fingerprint density at radius 3 is 2.62 bits per heavy atom. The number of aromatic nitrogens is 4. The SMILES string of the molecule is CCC(CC)c1cc(C)nn2c(-c3sc4ncccc4c3C)c(C)nc12. The van der Waals surface area contributed by atoms with E-state index in [4.69, 9.17) is 10.1 Å². The Bertz CT molecular complexity index is 1100. The molecule has 0 amide bonds. The van der Waals surface area contributed by atoms with Crippen LogP contribution in [0.3, 0.4) is 0 Å². The first-order chi connectivity index (χ1) is 12.5. The van der Waals surface area contributed by atoms with E-state index in [2.05, 4.69) is 56.3 Å². The minimum atomic E-state index is 0.513. The number of imidazole rings is 1. The fraction of sp³-hybridized carbons (Fsp3) is 0.381. The van der Waals surface area contributed by atoms with E-state index in [0.29, 0.717) is 5.92 Å². The van der Waals surface area contributed by atoms with Crippen molar-refractivity contribution in [1.82, 2.24) is 19.6 Å². The molecule has 4 heterocycles. The van der Waals surface area contributed by atoms with Gasteiger partial charge in [0, 0.05) is 17.1 Å². The molecule has 0 saturated heterocycles. The van der Waals surface area contributed by atoms with Crippen LogP contribution in [-0.2, 0) is 0 Å². The first-order valence-corrected chi connectivity index (χ1v) is 10.1. The van der Waals surface area contributed by atoms with Gasteiger partial charge in [0.25, 0.3) is 0 Å². The van der Waals surface area contributed by atoms with Crippen molar-refractivity contribution in [3.8, 4) is 10.6 Å². The molecule has 0 N–H and O–H groups in total. The Hall–Kier alpha value is -2.27. The predicted octanol–water partition coefficient (Wildman–Crippen LogP) is 5.83. The van der Waals surface area contributed by atoms with Gasteiger partial charge in [0.1, 0.15) is 10.5 Å². The second-order valence-corrected chi connectivity index (χ2v) is 7.95. The van der Waals surface area contributed by atoms with Gasteiger partial charge < -0.3 is 0 Å². The van der Waals surface area contributed by atoms with Crippen LogP contribution in [-0.4, -0.2) is 19.6 Å². The number of hydrogen-bond acceptors (Lipinski definition) is 4. The predicted molar refractivity (Wildman–Crippen MR) is 109 cm³/mol. The number of rotatable bonds is 4. The zero-order valence-corrected chi connectivity index (χ0v) is 16.8. The lowest BCUT2D eigenvalue weighted by Crippen LogP contribution is -2.05. The summed E-state index contributed by atoms with van der Waals surface area (Å²) in [6, 6.07) is 6.36. The molecule has 0 spiro atoms. The molecular weight excluding hydrogens is 340 g/mol. The van der Waals surface area contributed by atoms with Gasteiger partial charge in [-0.05, 0) is 57.2 Å². The molecular formula is C21H24N4S. The summed E-state index contributed by atoms with van der Waals surface area (Å²) in [5, 5.41) is 6.05. The van der Waals surface area contributed by atoms with E-state index >= 15 is 0 Å². The summed E-state index contributed by atoms with van der Waals surface area (Å²) < 4.78 is 2.07. The molecule has 0 radical (unpaired) electrons. The van der Waals surface area contributed by atoms with Crippen LogP contribution in [0.25, 0.3) is 26.4 Å². The Labute approximate surface area is 157 Å². The maximum Gasteiger partial charge on any atom is 0.158 e. The quantitative estimate of drug-likeness (QED) is 0.457. The fourth-order valence-corrected chi connectivity index (χ4v) is 5.08. The molecule has 0 unspecified atom stereocenters. The Morgan fingerprint density at radius 1 is 1.15 bits per heavy atom. The lowest BCUT2D eigenvalue weighted by atomic mass is 9.95. The van der Waals surface area contributed by atoms with E-state index < -0.39 is 0 Å². The number of aryl methyl sites for hydroxylation is 3. The number of thiophene rings is 1. The molecule has 4 aromatic rings. The third-order valence-electron chi connectivity index (χ3n) is 5.26. The van der Waals surface area contributed by atoms with E-state index in [1.54, 1.807) is 11.3 Å². The molecule has 134 valence electrons. The highest BCUT2D eigenvalue weighted by atomic mass is 32.1. The number of pyridine rings is 1. The van der Waals surface area contributed by atoms with E-state index in [9.17, 15) is 0 Å². The van der Waals surface area contributed by atoms with Crippen LogP contribution in [0.5, 0.6) is 0 Å². The summed E-state index contributed by atoms with van der Waals surface area (Å²) in [6.45, 7) is 10.8. The molecule has 0 bridgehead atoms. The van der Waals surface area contributed by atoms with E-state index in [1.165, 1.54) is 21.4 Å². The van der Waals surface area contributed by atoms with Crippen molar-refractivity contribution in [2.24, 2.45) is 0 Å². The molecule has 0 saturated carbocycles.